The Morgan fingerprint density at radius 2 is 2.28 bits per heavy atom. The SMILES string of the molecule is Cc1ccc(C(=O)NC2CCCC2CCl)cc1O. The first-order valence-electron chi connectivity index (χ1n) is 6.28. The standard InChI is InChI=1S/C14H18ClNO2/c1-9-5-6-10(7-13(9)17)14(18)16-12-4-2-3-11(12)8-15/h5-7,11-12,17H,2-4,8H2,1H3,(H,16,18). The Morgan fingerprint density at radius 3 is 2.94 bits per heavy atom. The number of halogens is 1. The second-order valence-electron chi connectivity index (χ2n) is 4.93. The number of hydrogen-bond acceptors (Lipinski definition) is 2. The van der Waals surface area contributed by atoms with Gasteiger partial charge in [0.1, 0.15) is 5.75 Å². The van der Waals surface area contributed by atoms with Crippen molar-refractivity contribution >= 4 is 17.5 Å². The zero-order chi connectivity index (χ0) is 13.1. The highest BCUT2D eigenvalue weighted by Crippen LogP contribution is 2.27. The van der Waals surface area contributed by atoms with Gasteiger partial charge >= 0.3 is 0 Å². The number of carbonyl (C=O) groups is 1. The molecule has 1 amide bonds. The fourth-order valence-corrected chi connectivity index (χ4v) is 2.78. The maximum Gasteiger partial charge on any atom is 0.251 e. The van der Waals surface area contributed by atoms with E-state index in [0.29, 0.717) is 17.4 Å². The topological polar surface area (TPSA) is 49.3 Å². The molecule has 18 heavy (non-hydrogen) atoms. The molecule has 2 atom stereocenters. The zero-order valence-corrected chi connectivity index (χ0v) is 11.2. The molecule has 2 N–H and O–H groups in total. The fraction of sp³-hybridized carbons (Fsp3) is 0.500. The normalized spacial score (nSPS) is 23.0. The summed E-state index contributed by atoms with van der Waals surface area (Å²) in [4.78, 5) is 12.1. The Bertz CT molecular complexity index is 447. The summed E-state index contributed by atoms with van der Waals surface area (Å²) in [7, 11) is 0. The van der Waals surface area contributed by atoms with Gasteiger partial charge in [-0.05, 0) is 43.4 Å². The highest BCUT2D eigenvalue weighted by atomic mass is 35.5. The molecule has 0 aliphatic heterocycles. The number of rotatable bonds is 3. The van der Waals surface area contributed by atoms with Crippen molar-refractivity contribution in [3.8, 4) is 5.75 Å². The molecular weight excluding hydrogens is 250 g/mol. The molecular formula is C14H18ClNO2. The Balaban J connectivity index is 2.05. The second kappa shape index (κ2) is 5.61. The number of aryl methyl sites for hydroxylation is 1. The van der Waals surface area contributed by atoms with Gasteiger partial charge in [-0.15, -0.1) is 11.6 Å². The van der Waals surface area contributed by atoms with Crippen LogP contribution in [0.15, 0.2) is 18.2 Å². The molecule has 3 nitrogen and oxygen atoms in total. The summed E-state index contributed by atoms with van der Waals surface area (Å²) in [6, 6.07) is 5.15. The minimum absolute atomic E-state index is 0.132. The van der Waals surface area contributed by atoms with Crippen LogP contribution >= 0.6 is 11.6 Å². The summed E-state index contributed by atoms with van der Waals surface area (Å²) >= 11 is 5.89. The van der Waals surface area contributed by atoms with Crippen molar-refractivity contribution in [3.05, 3.63) is 29.3 Å². The minimum Gasteiger partial charge on any atom is -0.508 e. The van der Waals surface area contributed by atoms with Crippen LogP contribution in [-0.4, -0.2) is 22.9 Å². The average Bonchev–Trinajstić information content (AvgIpc) is 2.79. The van der Waals surface area contributed by atoms with Crippen LogP contribution in [0, 0.1) is 12.8 Å². The van der Waals surface area contributed by atoms with Gasteiger partial charge in [-0.3, -0.25) is 4.79 Å². The van der Waals surface area contributed by atoms with E-state index >= 15 is 0 Å². The van der Waals surface area contributed by atoms with E-state index in [0.717, 1.165) is 24.8 Å². The van der Waals surface area contributed by atoms with Crippen LogP contribution in [0.1, 0.15) is 35.2 Å². The number of phenolic OH excluding ortho intramolecular Hbond substituents is 1. The monoisotopic (exact) mass is 267 g/mol. The molecule has 2 rings (SSSR count). The number of hydrogen-bond donors (Lipinski definition) is 2. The van der Waals surface area contributed by atoms with Crippen LogP contribution in [0.5, 0.6) is 5.75 Å². The van der Waals surface area contributed by atoms with Crippen LogP contribution in [-0.2, 0) is 0 Å². The number of amides is 1. The number of phenols is 1. The number of nitrogens with one attached hydrogen (secondary N) is 1. The van der Waals surface area contributed by atoms with E-state index < -0.39 is 0 Å². The van der Waals surface area contributed by atoms with E-state index in [1.165, 1.54) is 6.07 Å². The van der Waals surface area contributed by atoms with Gasteiger partial charge in [0.2, 0.25) is 0 Å². The molecule has 0 aromatic heterocycles. The maximum absolute atomic E-state index is 12.1. The largest absolute Gasteiger partial charge is 0.508 e. The van der Waals surface area contributed by atoms with E-state index in [2.05, 4.69) is 5.32 Å². The van der Waals surface area contributed by atoms with E-state index in [9.17, 15) is 9.90 Å². The van der Waals surface area contributed by atoms with Gasteiger partial charge in [-0.1, -0.05) is 12.5 Å². The lowest BCUT2D eigenvalue weighted by molar-refractivity contribution is 0.0929. The molecule has 1 fully saturated rings. The van der Waals surface area contributed by atoms with E-state index in [-0.39, 0.29) is 17.7 Å². The summed E-state index contributed by atoms with van der Waals surface area (Å²) in [6.07, 6.45) is 3.18. The highest BCUT2D eigenvalue weighted by Gasteiger charge is 2.28. The maximum atomic E-state index is 12.1. The number of carbonyl (C=O) groups excluding carboxylic acids is 1. The first kappa shape index (κ1) is 13.2. The van der Waals surface area contributed by atoms with Crippen molar-refractivity contribution < 1.29 is 9.90 Å². The van der Waals surface area contributed by atoms with Gasteiger partial charge in [0.05, 0.1) is 0 Å². The summed E-state index contributed by atoms with van der Waals surface area (Å²) in [6.45, 7) is 1.80. The number of benzene rings is 1. The van der Waals surface area contributed by atoms with E-state index in [1.807, 2.05) is 0 Å². The summed E-state index contributed by atoms with van der Waals surface area (Å²) in [5.41, 5.74) is 1.27. The highest BCUT2D eigenvalue weighted by molar-refractivity contribution is 6.18. The molecule has 2 unspecified atom stereocenters. The van der Waals surface area contributed by atoms with E-state index in [4.69, 9.17) is 11.6 Å². The van der Waals surface area contributed by atoms with Crippen LogP contribution in [0.25, 0.3) is 0 Å². The third kappa shape index (κ3) is 2.78. The van der Waals surface area contributed by atoms with Gasteiger partial charge in [-0.2, -0.15) is 0 Å². The molecule has 1 aromatic rings. The predicted octanol–water partition coefficient (Wildman–Crippen LogP) is 2.84. The Labute approximate surface area is 112 Å². The third-order valence-electron chi connectivity index (χ3n) is 3.65. The predicted molar refractivity (Wildman–Crippen MR) is 72.2 cm³/mol. The van der Waals surface area contributed by atoms with Crippen molar-refractivity contribution in [1.82, 2.24) is 5.32 Å². The minimum atomic E-state index is -0.132. The number of alkyl halides is 1. The summed E-state index contributed by atoms with van der Waals surface area (Å²) in [5.74, 6) is 0.981. The van der Waals surface area contributed by atoms with Gasteiger partial charge in [-0.25, -0.2) is 0 Å². The Morgan fingerprint density at radius 1 is 1.50 bits per heavy atom. The van der Waals surface area contributed by atoms with Crippen molar-refractivity contribution in [2.45, 2.75) is 32.2 Å². The Kier molecular flexibility index (Phi) is 4.12. The lowest BCUT2D eigenvalue weighted by Gasteiger charge is -2.19. The quantitative estimate of drug-likeness (QED) is 0.828. The molecule has 1 saturated carbocycles. The van der Waals surface area contributed by atoms with Crippen LogP contribution in [0.4, 0.5) is 0 Å². The summed E-state index contributed by atoms with van der Waals surface area (Å²) < 4.78 is 0. The molecule has 98 valence electrons. The van der Waals surface area contributed by atoms with Crippen molar-refractivity contribution in [1.29, 1.82) is 0 Å². The first-order chi connectivity index (χ1) is 8.61. The van der Waals surface area contributed by atoms with Gasteiger partial charge in [0.25, 0.3) is 5.91 Å². The second-order valence-corrected chi connectivity index (χ2v) is 5.24. The molecule has 1 aromatic carbocycles. The van der Waals surface area contributed by atoms with Crippen molar-refractivity contribution in [2.75, 3.05) is 5.88 Å². The molecule has 0 radical (unpaired) electrons. The van der Waals surface area contributed by atoms with Crippen LogP contribution in [0.3, 0.4) is 0 Å². The lowest BCUT2D eigenvalue weighted by atomic mass is 10.1. The van der Waals surface area contributed by atoms with E-state index in [1.54, 1.807) is 19.1 Å². The molecule has 0 heterocycles. The summed E-state index contributed by atoms with van der Waals surface area (Å²) in [5, 5.41) is 12.6. The van der Waals surface area contributed by atoms with Crippen LogP contribution in [0.2, 0.25) is 0 Å². The smallest absolute Gasteiger partial charge is 0.251 e. The Hall–Kier alpha value is -1.22. The lowest BCUT2D eigenvalue weighted by Crippen LogP contribution is -2.37. The zero-order valence-electron chi connectivity index (χ0n) is 10.4. The van der Waals surface area contributed by atoms with Gasteiger partial charge in [0.15, 0.2) is 0 Å². The molecule has 1 aliphatic carbocycles. The first-order valence-corrected chi connectivity index (χ1v) is 6.81. The van der Waals surface area contributed by atoms with Crippen LogP contribution < -0.4 is 5.32 Å². The van der Waals surface area contributed by atoms with Gasteiger partial charge < -0.3 is 10.4 Å². The van der Waals surface area contributed by atoms with Crippen molar-refractivity contribution in [3.63, 3.8) is 0 Å². The molecule has 1 aliphatic rings. The molecule has 0 spiro atoms. The third-order valence-corrected chi connectivity index (χ3v) is 4.04. The number of aromatic hydroxyl groups is 1. The molecule has 0 bridgehead atoms. The fourth-order valence-electron chi connectivity index (χ4n) is 2.41. The molecule has 4 heteroatoms. The van der Waals surface area contributed by atoms with Crippen molar-refractivity contribution in [2.24, 2.45) is 5.92 Å². The van der Waals surface area contributed by atoms with Gasteiger partial charge in [0, 0.05) is 17.5 Å². The average molecular weight is 268 g/mol. The molecule has 0 saturated heterocycles.